The number of fused-ring (bicyclic) bond motifs is 2. The number of nitrogens with zero attached hydrogens (tertiary/aromatic N) is 3. The summed E-state index contributed by atoms with van der Waals surface area (Å²) < 4.78 is 17.7. The number of ether oxygens (including phenoxy) is 3. The second-order valence-electron chi connectivity index (χ2n) is 15.3. The number of amides is 5. The number of nitro groups is 1. The number of aliphatic hydroxyl groups is 2. The van der Waals surface area contributed by atoms with Crippen molar-refractivity contribution in [3.63, 3.8) is 0 Å². The van der Waals surface area contributed by atoms with Gasteiger partial charge in [0.1, 0.15) is 48.4 Å². The fourth-order valence-corrected chi connectivity index (χ4v) is 7.85. The lowest BCUT2D eigenvalue weighted by molar-refractivity contribution is -0.383. The molecular weight excluding hydrogens is 821 g/mol. The van der Waals surface area contributed by atoms with E-state index in [9.17, 15) is 44.3 Å². The van der Waals surface area contributed by atoms with Crippen LogP contribution < -0.4 is 27.0 Å². The molecule has 63 heavy (non-hydrogen) atoms. The minimum absolute atomic E-state index is 0.0711. The van der Waals surface area contributed by atoms with E-state index in [4.69, 9.17) is 19.9 Å². The number of benzene rings is 3. The highest BCUT2D eigenvalue weighted by Gasteiger charge is 2.47. The normalized spacial score (nSPS) is 21.4. The number of hydrogen-bond acceptors (Lipinski definition) is 14. The number of likely N-dealkylation sites (tertiary alicyclic amines) is 1. The lowest BCUT2D eigenvalue weighted by Gasteiger charge is -2.44. The SMILES string of the molecule is CC(=O)N[C@H]1[C@@H](OCc2ccccc2)O[C@H](CO)[C@@H](O)[C@@H]1OCC(=O)N1CCC[C@H]1C(=O)N[C@H](CCC(=O)NCCCNc1c2ccccc2nc2cccc([N+](=O)[O-])c12)C(N)=O. The molecule has 1 aromatic heterocycles. The zero-order chi connectivity index (χ0) is 45.0. The van der Waals surface area contributed by atoms with E-state index in [1.54, 1.807) is 12.1 Å². The number of carbonyl (C=O) groups excluding carboxylic acids is 5. The number of anilines is 1. The Morgan fingerprint density at radius 3 is 2.49 bits per heavy atom. The summed E-state index contributed by atoms with van der Waals surface area (Å²) in [6, 6.07) is 17.8. The topological polar surface area (TPSA) is 287 Å². The molecule has 20 heteroatoms. The number of primary amides is 1. The Morgan fingerprint density at radius 2 is 1.76 bits per heavy atom. The highest BCUT2D eigenvalue weighted by atomic mass is 16.7. The molecule has 2 aliphatic rings. The van der Waals surface area contributed by atoms with Crippen molar-refractivity contribution in [1.82, 2.24) is 25.8 Å². The Bertz CT molecular complexity index is 2280. The Balaban J connectivity index is 0.990. The molecule has 2 fully saturated rings. The molecule has 3 heterocycles. The van der Waals surface area contributed by atoms with Crippen LogP contribution >= 0.6 is 0 Å². The number of hydrogen-bond donors (Lipinski definition) is 7. The molecule has 4 aromatic rings. The Labute approximate surface area is 362 Å². The van der Waals surface area contributed by atoms with Crippen LogP contribution in [0.1, 0.15) is 44.6 Å². The van der Waals surface area contributed by atoms with E-state index >= 15 is 0 Å². The molecule has 0 bridgehead atoms. The summed E-state index contributed by atoms with van der Waals surface area (Å²) in [7, 11) is 0. The molecular formula is C43H52N8O12. The van der Waals surface area contributed by atoms with Crippen LogP contribution in [0, 0.1) is 10.1 Å². The van der Waals surface area contributed by atoms with E-state index in [-0.39, 0.29) is 44.6 Å². The van der Waals surface area contributed by atoms with Gasteiger partial charge >= 0.3 is 0 Å². The van der Waals surface area contributed by atoms with Crippen LogP contribution in [0.5, 0.6) is 0 Å². The van der Waals surface area contributed by atoms with Crippen molar-refractivity contribution >= 4 is 62.7 Å². The van der Waals surface area contributed by atoms with Gasteiger partial charge in [0.15, 0.2) is 6.29 Å². The average Bonchev–Trinajstić information content (AvgIpc) is 3.77. The molecule has 0 unspecified atom stereocenters. The minimum Gasteiger partial charge on any atom is -0.394 e. The number of nitrogens with one attached hydrogen (secondary N) is 4. The molecule has 0 aliphatic carbocycles. The van der Waals surface area contributed by atoms with E-state index in [1.807, 2.05) is 54.6 Å². The number of para-hydroxylation sites is 1. The van der Waals surface area contributed by atoms with Gasteiger partial charge in [-0.3, -0.25) is 34.1 Å². The first-order valence-corrected chi connectivity index (χ1v) is 20.7. The van der Waals surface area contributed by atoms with Crippen molar-refractivity contribution in [2.24, 2.45) is 5.73 Å². The van der Waals surface area contributed by atoms with Crippen LogP contribution in [0.4, 0.5) is 11.4 Å². The maximum atomic E-state index is 13.6. The first-order valence-electron chi connectivity index (χ1n) is 20.7. The van der Waals surface area contributed by atoms with Gasteiger partial charge in [0.2, 0.25) is 29.5 Å². The van der Waals surface area contributed by atoms with Crippen molar-refractivity contribution in [2.45, 2.75) is 88.4 Å². The van der Waals surface area contributed by atoms with Crippen LogP contribution in [0.3, 0.4) is 0 Å². The van der Waals surface area contributed by atoms with Gasteiger partial charge in [-0.25, -0.2) is 4.98 Å². The van der Waals surface area contributed by atoms with Gasteiger partial charge in [-0.15, -0.1) is 0 Å². The number of nitrogens with two attached hydrogens (primary N) is 1. The molecule has 7 atom stereocenters. The molecule has 2 aliphatic heterocycles. The van der Waals surface area contributed by atoms with Crippen molar-refractivity contribution in [3.05, 3.63) is 88.5 Å². The number of pyridine rings is 1. The van der Waals surface area contributed by atoms with Crippen LogP contribution in [0.25, 0.3) is 21.8 Å². The molecule has 3 aromatic carbocycles. The van der Waals surface area contributed by atoms with E-state index in [1.165, 1.54) is 17.9 Å². The fourth-order valence-electron chi connectivity index (χ4n) is 7.85. The molecule has 0 saturated carbocycles. The monoisotopic (exact) mass is 872 g/mol. The number of rotatable bonds is 20. The zero-order valence-electron chi connectivity index (χ0n) is 34.6. The van der Waals surface area contributed by atoms with E-state index < -0.39 is 90.4 Å². The molecule has 0 radical (unpaired) electrons. The van der Waals surface area contributed by atoms with Gasteiger partial charge in [-0.05, 0) is 43.4 Å². The largest absolute Gasteiger partial charge is 0.394 e. The Morgan fingerprint density at radius 1 is 1.02 bits per heavy atom. The zero-order valence-corrected chi connectivity index (χ0v) is 34.6. The summed E-state index contributed by atoms with van der Waals surface area (Å²) in [6.45, 7) is 0.888. The van der Waals surface area contributed by atoms with E-state index in [0.717, 1.165) is 5.56 Å². The second kappa shape index (κ2) is 21.7. The maximum Gasteiger partial charge on any atom is 0.280 e. The van der Waals surface area contributed by atoms with E-state index in [2.05, 4.69) is 26.3 Å². The van der Waals surface area contributed by atoms with Gasteiger partial charge in [0.05, 0.1) is 34.9 Å². The maximum absolute atomic E-state index is 13.6. The average molecular weight is 873 g/mol. The summed E-state index contributed by atoms with van der Waals surface area (Å²) in [5, 5.41) is 45.3. The first kappa shape index (κ1) is 46.2. The van der Waals surface area contributed by atoms with Crippen molar-refractivity contribution in [3.8, 4) is 0 Å². The van der Waals surface area contributed by atoms with Gasteiger partial charge in [0, 0.05) is 44.4 Å². The number of carbonyl (C=O) groups is 5. The number of non-ortho nitro benzene ring substituents is 1. The predicted octanol–water partition coefficient (Wildman–Crippen LogP) is 1.14. The lowest BCUT2D eigenvalue weighted by atomic mass is 9.96. The molecule has 0 spiro atoms. The van der Waals surface area contributed by atoms with Gasteiger partial charge in [0.25, 0.3) is 5.69 Å². The van der Waals surface area contributed by atoms with Crippen LogP contribution in [0.15, 0.2) is 72.8 Å². The van der Waals surface area contributed by atoms with Gasteiger partial charge in [-0.1, -0.05) is 54.6 Å². The number of nitro benzene ring substituents is 1. The van der Waals surface area contributed by atoms with Crippen LogP contribution in [0.2, 0.25) is 0 Å². The lowest BCUT2D eigenvalue weighted by Crippen LogP contribution is -2.65. The number of aromatic nitrogens is 1. The summed E-state index contributed by atoms with van der Waals surface area (Å²) in [4.78, 5) is 81.8. The van der Waals surface area contributed by atoms with Gasteiger partial charge in [-0.2, -0.15) is 0 Å². The summed E-state index contributed by atoms with van der Waals surface area (Å²) >= 11 is 0. The molecule has 2 saturated heterocycles. The minimum atomic E-state index is -1.47. The predicted molar refractivity (Wildman–Crippen MR) is 227 cm³/mol. The number of aliphatic hydroxyl groups excluding tert-OH is 2. The van der Waals surface area contributed by atoms with E-state index in [0.29, 0.717) is 46.9 Å². The van der Waals surface area contributed by atoms with Crippen molar-refractivity contribution in [2.75, 3.05) is 38.2 Å². The molecule has 5 amide bonds. The third-order valence-electron chi connectivity index (χ3n) is 10.9. The molecule has 336 valence electrons. The molecule has 20 nitrogen and oxygen atoms in total. The van der Waals surface area contributed by atoms with Crippen LogP contribution in [-0.2, 0) is 44.8 Å². The Kier molecular flexibility index (Phi) is 15.9. The smallest absolute Gasteiger partial charge is 0.280 e. The Hall–Kier alpha value is -6.32. The summed E-state index contributed by atoms with van der Waals surface area (Å²) in [5.74, 6) is -3.01. The fraction of sp³-hybridized carbons (Fsp3) is 0.442. The summed E-state index contributed by atoms with van der Waals surface area (Å²) in [5.41, 5.74) is 8.03. The van der Waals surface area contributed by atoms with Crippen molar-refractivity contribution in [1.29, 1.82) is 0 Å². The highest BCUT2D eigenvalue weighted by molar-refractivity contribution is 6.11. The standard InChI is InChI=1S/C43H52N8O12/c1-25(53)47-38-40(39(56)33(22-52)63-43(38)62-23-26-10-3-2-4-11-26)61-24-35(55)50-21-8-16-32(50)42(58)49-30(41(44)57)17-18-34(54)45-19-9-20-46-37-27-12-5-6-13-28(27)48-29-14-7-15-31(36(29)37)51(59)60/h2-7,10-15,30,32-33,38-40,43,52,56H,8-9,16-24H2,1H3,(H2,44,57)(H,45,54)(H,46,48)(H,47,53)(H,49,58)/t30-,32+,33-,38-,39-,40-,43+/m1/s1. The second-order valence-corrected chi connectivity index (χ2v) is 15.3. The van der Waals surface area contributed by atoms with Gasteiger partial charge < -0.3 is 56.3 Å². The third kappa shape index (κ3) is 11.6. The first-order chi connectivity index (χ1) is 30.4. The summed E-state index contributed by atoms with van der Waals surface area (Å²) in [6.07, 6.45) is -4.15. The quantitative estimate of drug-likeness (QED) is 0.0284. The molecule has 8 N–H and O–H groups in total. The van der Waals surface area contributed by atoms with Crippen molar-refractivity contribution < 1.29 is 53.3 Å². The van der Waals surface area contributed by atoms with Crippen LogP contribution in [-0.4, -0.2) is 130 Å². The molecule has 6 rings (SSSR count). The third-order valence-corrected chi connectivity index (χ3v) is 10.9. The highest BCUT2D eigenvalue weighted by Crippen LogP contribution is 2.36.